The topological polar surface area (TPSA) is 75.2 Å². The number of likely N-dealkylation sites (tertiary alicyclic amines) is 1. The Labute approximate surface area is 157 Å². The Hall–Kier alpha value is -2.28. The molecule has 1 N–H and O–H groups in total. The molecule has 0 bridgehead atoms. The maximum Gasteiger partial charge on any atom is 0.245 e. The average Bonchev–Trinajstić information content (AvgIpc) is 3.23. The van der Waals surface area contributed by atoms with Crippen LogP contribution in [-0.2, 0) is 16.0 Å². The third-order valence-corrected chi connectivity index (χ3v) is 5.43. The van der Waals surface area contributed by atoms with E-state index in [-0.39, 0.29) is 24.3 Å². The minimum absolute atomic E-state index is 0.0199. The van der Waals surface area contributed by atoms with Gasteiger partial charge in [0.15, 0.2) is 0 Å². The van der Waals surface area contributed by atoms with Crippen LogP contribution in [0.5, 0.6) is 0 Å². The number of unbranched alkanes of at least 4 members (excludes halogenated alkanes) is 2. The highest BCUT2D eigenvalue weighted by Gasteiger charge is 2.31. The second kappa shape index (κ2) is 8.89. The number of hydrogen-bond acceptors (Lipinski definition) is 5. The predicted octanol–water partition coefficient (Wildman–Crippen LogP) is 3.23. The molecule has 6 nitrogen and oxygen atoms in total. The number of anilines is 1. The highest BCUT2D eigenvalue weighted by atomic mass is 32.1. The summed E-state index contributed by atoms with van der Waals surface area (Å²) in [5.41, 5.74) is 1.14. The van der Waals surface area contributed by atoms with Crippen LogP contribution in [0.2, 0.25) is 0 Å². The van der Waals surface area contributed by atoms with Crippen LogP contribution in [0.3, 0.4) is 0 Å². The Bertz CT molecular complexity index is 747. The summed E-state index contributed by atoms with van der Waals surface area (Å²) >= 11 is 1.41. The number of nitrogens with one attached hydrogen (secondary N) is 1. The fourth-order valence-corrected chi connectivity index (χ4v) is 3.93. The predicted molar refractivity (Wildman–Crippen MR) is 102 cm³/mol. The summed E-state index contributed by atoms with van der Waals surface area (Å²) < 4.78 is 0. The second-order valence-electron chi connectivity index (χ2n) is 6.59. The van der Waals surface area contributed by atoms with Crippen LogP contribution in [0.4, 0.5) is 5.13 Å². The van der Waals surface area contributed by atoms with Crippen molar-refractivity contribution in [2.24, 2.45) is 0 Å². The van der Waals surface area contributed by atoms with Gasteiger partial charge in [0.1, 0.15) is 5.01 Å². The largest absolute Gasteiger partial charge is 0.333 e. The Kier molecular flexibility index (Phi) is 6.33. The molecule has 26 heavy (non-hydrogen) atoms. The van der Waals surface area contributed by atoms with Crippen molar-refractivity contribution < 1.29 is 9.59 Å². The second-order valence-corrected chi connectivity index (χ2v) is 7.65. The van der Waals surface area contributed by atoms with E-state index in [2.05, 4.69) is 22.4 Å². The molecule has 0 radical (unpaired) electrons. The lowest BCUT2D eigenvalue weighted by atomic mass is 9.99. The van der Waals surface area contributed by atoms with E-state index in [0.717, 1.165) is 29.8 Å². The van der Waals surface area contributed by atoms with Gasteiger partial charge in [0.2, 0.25) is 16.9 Å². The SMILES string of the molecule is CCCCCc1nnc(NC(=O)CN2CC(c3ccccc3)CC2=O)s1. The molecule has 1 aliphatic heterocycles. The maximum atomic E-state index is 12.3. The minimum Gasteiger partial charge on any atom is -0.333 e. The van der Waals surface area contributed by atoms with Gasteiger partial charge in [-0.1, -0.05) is 61.4 Å². The summed E-state index contributed by atoms with van der Waals surface area (Å²) in [5.74, 6) is -0.0435. The first kappa shape index (κ1) is 18.5. The van der Waals surface area contributed by atoms with Gasteiger partial charge >= 0.3 is 0 Å². The van der Waals surface area contributed by atoms with Crippen molar-refractivity contribution in [3.63, 3.8) is 0 Å². The van der Waals surface area contributed by atoms with Gasteiger partial charge < -0.3 is 4.90 Å². The van der Waals surface area contributed by atoms with Gasteiger partial charge in [0.05, 0.1) is 6.54 Å². The van der Waals surface area contributed by atoms with Crippen molar-refractivity contribution in [2.45, 2.75) is 44.9 Å². The zero-order chi connectivity index (χ0) is 18.4. The van der Waals surface area contributed by atoms with E-state index in [1.807, 2.05) is 30.3 Å². The standard InChI is InChI=1S/C19H24N4O2S/c1-2-3-5-10-17-21-22-19(26-17)20-16(24)13-23-12-15(11-18(23)25)14-8-6-4-7-9-14/h4,6-9,15H,2-3,5,10-13H2,1H3,(H,20,22,24). The van der Waals surface area contributed by atoms with Crippen LogP contribution in [0.15, 0.2) is 30.3 Å². The van der Waals surface area contributed by atoms with E-state index in [1.54, 1.807) is 4.90 Å². The first-order chi connectivity index (χ1) is 12.7. The highest BCUT2D eigenvalue weighted by Crippen LogP contribution is 2.27. The van der Waals surface area contributed by atoms with E-state index in [9.17, 15) is 9.59 Å². The molecule has 0 aliphatic carbocycles. The van der Waals surface area contributed by atoms with Gasteiger partial charge in [-0.25, -0.2) is 0 Å². The average molecular weight is 372 g/mol. The van der Waals surface area contributed by atoms with Crippen molar-refractivity contribution in [3.05, 3.63) is 40.9 Å². The number of carbonyl (C=O) groups excluding carboxylic acids is 2. The molecule has 1 aromatic heterocycles. The smallest absolute Gasteiger partial charge is 0.245 e. The van der Waals surface area contributed by atoms with Crippen molar-refractivity contribution >= 4 is 28.3 Å². The zero-order valence-corrected chi connectivity index (χ0v) is 15.8. The molecule has 138 valence electrons. The molecule has 1 aliphatic rings. The van der Waals surface area contributed by atoms with Crippen molar-refractivity contribution in [3.8, 4) is 0 Å². The van der Waals surface area contributed by atoms with Gasteiger partial charge in [0, 0.05) is 25.3 Å². The van der Waals surface area contributed by atoms with Crippen LogP contribution >= 0.6 is 11.3 Å². The zero-order valence-electron chi connectivity index (χ0n) is 15.0. The summed E-state index contributed by atoms with van der Waals surface area (Å²) in [7, 11) is 0. The first-order valence-corrected chi connectivity index (χ1v) is 9.92. The number of aryl methyl sites for hydroxylation is 1. The normalized spacial score (nSPS) is 16.9. The number of rotatable bonds is 8. The summed E-state index contributed by atoms with van der Waals surface area (Å²) in [6.45, 7) is 2.80. The van der Waals surface area contributed by atoms with Crippen molar-refractivity contribution in [1.29, 1.82) is 0 Å². The summed E-state index contributed by atoms with van der Waals surface area (Å²) in [4.78, 5) is 26.1. The van der Waals surface area contributed by atoms with Gasteiger partial charge in [-0.05, 0) is 12.0 Å². The molecule has 1 atom stereocenters. The Morgan fingerprint density at radius 3 is 2.85 bits per heavy atom. The van der Waals surface area contributed by atoms with Gasteiger partial charge in [-0.15, -0.1) is 10.2 Å². The number of nitrogens with zero attached hydrogens (tertiary/aromatic N) is 3. The third-order valence-electron chi connectivity index (χ3n) is 4.53. The molecule has 7 heteroatoms. The van der Waals surface area contributed by atoms with Crippen molar-refractivity contribution in [2.75, 3.05) is 18.4 Å². The van der Waals surface area contributed by atoms with Gasteiger partial charge in [0.25, 0.3) is 0 Å². The van der Waals surface area contributed by atoms with E-state index in [4.69, 9.17) is 0 Å². The number of aromatic nitrogens is 2. The molecule has 0 saturated carbocycles. The molecule has 2 amide bonds. The maximum absolute atomic E-state index is 12.3. The summed E-state index contributed by atoms with van der Waals surface area (Å²) in [5, 5.41) is 12.4. The molecule has 2 aromatic rings. The fraction of sp³-hybridized carbons (Fsp3) is 0.474. The van der Waals surface area contributed by atoms with E-state index < -0.39 is 0 Å². The molecule has 0 spiro atoms. The van der Waals surface area contributed by atoms with E-state index in [1.165, 1.54) is 17.8 Å². The van der Waals surface area contributed by atoms with Crippen LogP contribution in [0.1, 0.15) is 49.1 Å². The molecule has 1 aromatic carbocycles. The number of benzene rings is 1. The molecular formula is C19H24N4O2S. The molecular weight excluding hydrogens is 348 g/mol. The number of carbonyl (C=O) groups is 2. The fourth-order valence-electron chi connectivity index (χ4n) is 3.14. The van der Waals surface area contributed by atoms with Crippen LogP contribution < -0.4 is 5.32 Å². The minimum atomic E-state index is -0.219. The monoisotopic (exact) mass is 372 g/mol. The number of hydrogen-bond donors (Lipinski definition) is 1. The molecule has 1 saturated heterocycles. The Balaban J connectivity index is 1.50. The molecule has 1 fully saturated rings. The lowest BCUT2D eigenvalue weighted by Gasteiger charge is -2.15. The lowest BCUT2D eigenvalue weighted by Crippen LogP contribution is -2.34. The van der Waals surface area contributed by atoms with Crippen LogP contribution in [0, 0.1) is 0 Å². The molecule has 3 rings (SSSR count). The van der Waals surface area contributed by atoms with Gasteiger partial charge in [-0.3, -0.25) is 14.9 Å². The summed E-state index contributed by atoms with van der Waals surface area (Å²) in [6, 6.07) is 9.97. The quantitative estimate of drug-likeness (QED) is 0.722. The van der Waals surface area contributed by atoms with E-state index in [0.29, 0.717) is 18.1 Å². The molecule has 1 unspecified atom stereocenters. The van der Waals surface area contributed by atoms with Crippen molar-refractivity contribution in [1.82, 2.24) is 15.1 Å². The summed E-state index contributed by atoms with van der Waals surface area (Å²) in [6.07, 6.45) is 4.77. The number of amides is 2. The first-order valence-electron chi connectivity index (χ1n) is 9.10. The van der Waals surface area contributed by atoms with Crippen LogP contribution in [0.25, 0.3) is 0 Å². The highest BCUT2D eigenvalue weighted by molar-refractivity contribution is 7.15. The Morgan fingerprint density at radius 1 is 1.27 bits per heavy atom. The molecule has 2 heterocycles. The Morgan fingerprint density at radius 2 is 2.08 bits per heavy atom. The third kappa shape index (κ3) is 4.88. The van der Waals surface area contributed by atoms with Gasteiger partial charge in [-0.2, -0.15) is 0 Å². The van der Waals surface area contributed by atoms with E-state index >= 15 is 0 Å². The lowest BCUT2D eigenvalue weighted by molar-refractivity contribution is -0.131. The van der Waals surface area contributed by atoms with Crippen LogP contribution in [-0.4, -0.2) is 40.0 Å².